The van der Waals surface area contributed by atoms with E-state index >= 15 is 0 Å². The lowest BCUT2D eigenvalue weighted by molar-refractivity contribution is -0.139. The molecule has 0 bridgehead atoms. The van der Waals surface area contributed by atoms with E-state index in [4.69, 9.17) is 15.0 Å². The minimum Gasteiger partial charge on any atom is -0.480 e. The highest BCUT2D eigenvalue weighted by Crippen LogP contribution is 2.27. The van der Waals surface area contributed by atoms with Crippen LogP contribution in [-0.4, -0.2) is 58.8 Å². The monoisotopic (exact) mass is 505 g/mol. The number of pyridine rings is 1. The van der Waals surface area contributed by atoms with Crippen molar-refractivity contribution >= 4 is 17.9 Å². The maximum absolute atomic E-state index is 12.2. The molecule has 37 heavy (non-hydrogen) atoms. The van der Waals surface area contributed by atoms with Crippen molar-refractivity contribution in [3.63, 3.8) is 0 Å². The molecule has 1 atom stereocenters. The summed E-state index contributed by atoms with van der Waals surface area (Å²) >= 11 is 0. The number of carboxylic acids is 1. The number of unbranched alkanes of at least 4 members (excludes halogenated alkanes) is 1. The van der Waals surface area contributed by atoms with Crippen LogP contribution >= 0.6 is 0 Å². The first kappa shape index (κ1) is 26.4. The zero-order valence-corrected chi connectivity index (χ0v) is 21.1. The molecule has 3 N–H and O–H groups in total. The van der Waals surface area contributed by atoms with E-state index in [9.17, 15) is 14.7 Å². The molecule has 2 heterocycles. The Kier molecular flexibility index (Phi) is 9.33. The molecule has 9 heteroatoms. The first-order valence-electron chi connectivity index (χ1n) is 13.1. The van der Waals surface area contributed by atoms with Crippen molar-refractivity contribution in [1.29, 1.82) is 5.26 Å². The predicted molar refractivity (Wildman–Crippen MR) is 139 cm³/mol. The highest BCUT2D eigenvalue weighted by atomic mass is 16.5. The number of carbonyl (C=O) groups is 2. The zero-order valence-electron chi connectivity index (χ0n) is 21.1. The molecule has 1 aromatic heterocycles. The van der Waals surface area contributed by atoms with E-state index in [1.165, 1.54) is 5.56 Å². The van der Waals surface area contributed by atoms with Crippen LogP contribution in [0.2, 0.25) is 0 Å². The molecule has 196 valence electrons. The van der Waals surface area contributed by atoms with Gasteiger partial charge in [0.1, 0.15) is 18.5 Å². The van der Waals surface area contributed by atoms with Gasteiger partial charge in [0.25, 0.3) is 0 Å². The number of anilines is 1. The van der Waals surface area contributed by atoms with E-state index in [-0.39, 0.29) is 6.61 Å². The molecule has 1 amide bonds. The van der Waals surface area contributed by atoms with Crippen molar-refractivity contribution in [3.8, 4) is 6.07 Å². The van der Waals surface area contributed by atoms with Crippen molar-refractivity contribution in [2.45, 2.75) is 70.1 Å². The number of nitriles is 1. The summed E-state index contributed by atoms with van der Waals surface area (Å²) in [5, 5.41) is 24.5. The number of nitrogens with one attached hydrogen (secondary N) is 2. The van der Waals surface area contributed by atoms with E-state index in [0.717, 1.165) is 69.5 Å². The first-order chi connectivity index (χ1) is 18.0. The number of hydrogen-bond donors (Lipinski definition) is 3. The lowest BCUT2D eigenvalue weighted by Crippen LogP contribution is -2.43. The van der Waals surface area contributed by atoms with Crippen LogP contribution in [0, 0.1) is 11.3 Å². The third-order valence-corrected chi connectivity index (χ3v) is 6.86. The van der Waals surface area contributed by atoms with Crippen LogP contribution in [0.1, 0.15) is 60.9 Å². The Morgan fingerprint density at radius 1 is 1.24 bits per heavy atom. The molecule has 1 saturated carbocycles. The number of amides is 1. The fourth-order valence-electron chi connectivity index (χ4n) is 4.66. The van der Waals surface area contributed by atoms with E-state index in [1.807, 2.05) is 6.07 Å². The van der Waals surface area contributed by atoms with Gasteiger partial charge in [-0.25, -0.2) is 14.6 Å². The second-order valence-corrected chi connectivity index (χ2v) is 9.78. The van der Waals surface area contributed by atoms with Gasteiger partial charge in [0.15, 0.2) is 0 Å². The third kappa shape index (κ3) is 8.19. The summed E-state index contributed by atoms with van der Waals surface area (Å²) in [7, 11) is 0. The van der Waals surface area contributed by atoms with Gasteiger partial charge < -0.3 is 25.4 Å². The van der Waals surface area contributed by atoms with Crippen molar-refractivity contribution in [2.75, 3.05) is 25.0 Å². The van der Waals surface area contributed by atoms with Gasteiger partial charge in [-0.1, -0.05) is 18.2 Å². The number of alkyl carbamates (subject to hydrolysis) is 1. The Balaban J connectivity index is 1.19. The van der Waals surface area contributed by atoms with E-state index in [1.54, 1.807) is 24.3 Å². The molecule has 9 nitrogen and oxygen atoms in total. The predicted octanol–water partition coefficient (Wildman–Crippen LogP) is 3.87. The highest BCUT2D eigenvalue weighted by Gasteiger charge is 2.30. The van der Waals surface area contributed by atoms with Crippen LogP contribution in [-0.2, 0) is 29.0 Å². The second kappa shape index (κ2) is 13.1. The summed E-state index contributed by atoms with van der Waals surface area (Å²) in [6.07, 6.45) is 7.00. The van der Waals surface area contributed by atoms with Gasteiger partial charge in [-0.2, -0.15) is 5.26 Å². The number of aliphatic carboxylic acids is 1. The smallest absolute Gasteiger partial charge is 0.408 e. The molecule has 2 aliphatic rings. The normalized spacial score (nSPS) is 15.2. The SMILES string of the molecule is N#Cc1cccc(COC(=O)N[C@@H](CCN(CCCCc2ccc3c(n2)NCCC3)C2CC2)C(=O)O)c1. The van der Waals surface area contributed by atoms with Crippen LogP contribution in [0.4, 0.5) is 10.6 Å². The van der Waals surface area contributed by atoms with E-state index in [0.29, 0.717) is 30.1 Å². The van der Waals surface area contributed by atoms with Gasteiger partial charge >= 0.3 is 12.1 Å². The molecule has 1 aliphatic heterocycles. The van der Waals surface area contributed by atoms with Gasteiger partial charge in [0, 0.05) is 24.8 Å². The number of benzene rings is 1. The number of carbonyl (C=O) groups excluding carboxylic acids is 1. The Bertz CT molecular complexity index is 1130. The minimum absolute atomic E-state index is 0.0307. The Morgan fingerprint density at radius 2 is 2.11 bits per heavy atom. The maximum Gasteiger partial charge on any atom is 0.408 e. The van der Waals surface area contributed by atoms with Crippen molar-refractivity contribution < 1.29 is 19.4 Å². The maximum atomic E-state index is 12.2. The Hall–Kier alpha value is -3.64. The zero-order chi connectivity index (χ0) is 26.0. The number of aromatic nitrogens is 1. The van der Waals surface area contributed by atoms with Crippen LogP contribution in [0.25, 0.3) is 0 Å². The average Bonchev–Trinajstić information content (AvgIpc) is 3.76. The van der Waals surface area contributed by atoms with Crippen molar-refractivity contribution in [3.05, 3.63) is 58.8 Å². The average molecular weight is 506 g/mol. The molecular weight excluding hydrogens is 470 g/mol. The van der Waals surface area contributed by atoms with Gasteiger partial charge in [-0.3, -0.25) is 0 Å². The van der Waals surface area contributed by atoms with Crippen molar-refractivity contribution in [2.24, 2.45) is 0 Å². The number of carboxylic acid groups (broad SMARTS) is 1. The molecule has 4 rings (SSSR count). The molecule has 0 spiro atoms. The molecular formula is C28H35N5O4. The topological polar surface area (TPSA) is 128 Å². The van der Waals surface area contributed by atoms with Gasteiger partial charge in [-0.15, -0.1) is 0 Å². The number of nitrogens with zero attached hydrogens (tertiary/aromatic N) is 3. The van der Waals surface area contributed by atoms with Crippen LogP contribution < -0.4 is 10.6 Å². The van der Waals surface area contributed by atoms with E-state index in [2.05, 4.69) is 27.7 Å². The number of rotatable bonds is 13. The quantitative estimate of drug-likeness (QED) is 0.350. The van der Waals surface area contributed by atoms with Crippen molar-refractivity contribution in [1.82, 2.24) is 15.2 Å². The molecule has 1 fully saturated rings. The van der Waals surface area contributed by atoms with E-state index < -0.39 is 18.1 Å². The van der Waals surface area contributed by atoms with Gasteiger partial charge in [0.2, 0.25) is 0 Å². The molecule has 0 saturated heterocycles. The van der Waals surface area contributed by atoms with Crippen LogP contribution in [0.15, 0.2) is 36.4 Å². The summed E-state index contributed by atoms with van der Waals surface area (Å²) in [5.41, 5.74) is 3.55. The summed E-state index contributed by atoms with van der Waals surface area (Å²) in [6.45, 7) is 2.46. The lowest BCUT2D eigenvalue weighted by atomic mass is 10.1. The van der Waals surface area contributed by atoms with Gasteiger partial charge in [-0.05, 0) is 87.2 Å². The Morgan fingerprint density at radius 3 is 2.89 bits per heavy atom. The van der Waals surface area contributed by atoms with Gasteiger partial charge in [0.05, 0.1) is 11.6 Å². The first-order valence-corrected chi connectivity index (χ1v) is 13.1. The highest BCUT2D eigenvalue weighted by molar-refractivity contribution is 5.79. The largest absolute Gasteiger partial charge is 0.480 e. The third-order valence-electron chi connectivity index (χ3n) is 6.86. The number of fused-ring (bicyclic) bond motifs is 1. The van der Waals surface area contributed by atoms with Crippen LogP contribution in [0.3, 0.4) is 0 Å². The molecule has 1 aliphatic carbocycles. The summed E-state index contributed by atoms with van der Waals surface area (Å²) in [6, 6.07) is 12.6. The molecule has 1 aromatic carbocycles. The fraction of sp³-hybridized carbons (Fsp3) is 0.500. The second-order valence-electron chi connectivity index (χ2n) is 9.78. The number of ether oxygens (including phenoxy) is 1. The number of aryl methyl sites for hydroxylation is 2. The van der Waals surface area contributed by atoms with Crippen LogP contribution in [0.5, 0.6) is 0 Å². The Labute approximate surface area is 217 Å². The molecule has 0 unspecified atom stereocenters. The molecule has 0 radical (unpaired) electrons. The fourth-order valence-corrected chi connectivity index (χ4v) is 4.66. The summed E-state index contributed by atoms with van der Waals surface area (Å²) < 4.78 is 5.18. The summed E-state index contributed by atoms with van der Waals surface area (Å²) in [4.78, 5) is 31.1. The number of hydrogen-bond acceptors (Lipinski definition) is 7. The minimum atomic E-state index is -1.08. The lowest BCUT2D eigenvalue weighted by Gasteiger charge is -2.24. The molecule has 2 aromatic rings. The standard InChI is InChI=1S/C28H35N5O4/c29-18-20-5-3-6-21(17-20)19-37-28(36)32-25(27(34)35)13-16-33(24-11-12-24)15-2-1-8-23-10-9-22-7-4-14-30-26(22)31-23/h3,5-6,9-10,17,24-25H,1-2,4,7-8,11-16,19H2,(H,30,31)(H,32,36)(H,34,35)/t25-/m0/s1. The summed E-state index contributed by atoms with van der Waals surface area (Å²) in [5.74, 6) is -0.0453.